The molecule has 0 spiro atoms. The van der Waals surface area contributed by atoms with Gasteiger partial charge in [0.25, 0.3) is 0 Å². The Morgan fingerprint density at radius 3 is 2.69 bits per heavy atom. The van der Waals surface area contributed by atoms with Gasteiger partial charge >= 0.3 is 0 Å². The monoisotopic (exact) mass is 241 g/mol. The maximum Gasteiger partial charge on any atom is 0.237 e. The summed E-state index contributed by atoms with van der Waals surface area (Å²) >= 11 is 5.78. The molecular formula is C11H9ClFNO2. The molecule has 1 unspecified atom stereocenters. The molecule has 1 heterocycles. The number of imide groups is 1. The average Bonchev–Trinajstić information content (AvgIpc) is 2.50. The van der Waals surface area contributed by atoms with Gasteiger partial charge in [-0.25, -0.2) is 4.39 Å². The van der Waals surface area contributed by atoms with E-state index in [1.54, 1.807) is 6.07 Å². The normalized spacial score (nSPS) is 20.7. The molecule has 5 heteroatoms. The first kappa shape index (κ1) is 11.1. The minimum atomic E-state index is -0.652. The standard InChI is InChI=1S/C11H9ClFNO2/c1-14-9(15)5-7(11(14)16)6-3-2-4-8(13)10(6)12/h2-4,7H,5H2,1H3. The van der Waals surface area contributed by atoms with Crippen molar-refractivity contribution < 1.29 is 14.0 Å². The van der Waals surface area contributed by atoms with Gasteiger partial charge in [0, 0.05) is 13.5 Å². The SMILES string of the molecule is CN1C(=O)CC(c2cccc(F)c2Cl)C1=O. The van der Waals surface area contributed by atoms with Crippen LogP contribution >= 0.6 is 11.6 Å². The molecule has 16 heavy (non-hydrogen) atoms. The predicted octanol–water partition coefficient (Wildman–Crippen LogP) is 1.95. The topological polar surface area (TPSA) is 37.4 Å². The summed E-state index contributed by atoms with van der Waals surface area (Å²) in [5.41, 5.74) is 0.379. The number of likely N-dealkylation sites (tertiary alicyclic amines) is 1. The van der Waals surface area contributed by atoms with E-state index in [1.807, 2.05) is 0 Å². The van der Waals surface area contributed by atoms with Gasteiger partial charge in [-0.05, 0) is 11.6 Å². The zero-order valence-electron chi connectivity index (χ0n) is 8.54. The second-order valence-electron chi connectivity index (χ2n) is 3.69. The number of likely N-dealkylation sites (N-methyl/N-ethyl adjacent to an activating group) is 1. The van der Waals surface area contributed by atoms with Crippen LogP contribution in [0.4, 0.5) is 4.39 Å². The molecule has 3 nitrogen and oxygen atoms in total. The first-order valence-electron chi connectivity index (χ1n) is 4.76. The summed E-state index contributed by atoms with van der Waals surface area (Å²) in [7, 11) is 1.41. The third kappa shape index (κ3) is 1.59. The largest absolute Gasteiger partial charge is 0.285 e. The average molecular weight is 242 g/mol. The summed E-state index contributed by atoms with van der Waals surface area (Å²) in [6.07, 6.45) is 0.0541. The lowest BCUT2D eigenvalue weighted by Crippen LogP contribution is -2.25. The van der Waals surface area contributed by atoms with Gasteiger partial charge in [0.15, 0.2) is 0 Å². The number of hydrogen-bond donors (Lipinski definition) is 0. The highest BCUT2D eigenvalue weighted by molar-refractivity contribution is 6.32. The van der Waals surface area contributed by atoms with Crippen molar-refractivity contribution in [3.8, 4) is 0 Å². The van der Waals surface area contributed by atoms with Gasteiger partial charge < -0.3 is 0 Å². The third-order valence-electron chi connectivity index (χ3n) is 2.74. The van der Waals surface area contributed by atoms with Gasteiger partial charge in [0.05, 0.1) is 10.9 Å². The predicted molar refractivity (Wildman–Crippen MR) is 56.5 cm³/mol. The number of amides is 2. The van der Waals surface area contributed by atoms with E-state index >= 15 is 0 Å². The summed E-state index contributed by atoms with van der Waals surface area (Å²) < 4.78 is 13.2. The molecule has 1 atom stereocenters. The van der Waals surface area contributed by atoms with E-state index in [1.165, 1.54) is 19.2 Å². The second-order valence-corrected chi connectivity index (χ2v) is 4.07. The zero-order chi connectivity index (χ0) is 11.9. The summed E-state index contributed by atoms with van der Waals surface area (Å²) in [6.45, 7) is 0. The van der Waals surface area contributed by atoms with Crippen LogP contribution in [0.5, 0.6) is 0 Å². The van der Waals surface area contributed by atoms with Gasteiger partial charge in [-0.2, -0.15) is 0 Å². The van der Waals surface area contributed by atoms with Gasteiger partial charge in [-0.1, -0.05) is 23.7 Å². The molecule has 0 radical (unpaired) electrons. The summed E-state index contributed by atoms with van der Waals surface area (Å²) in [4.78, 5) is 24.1. The van der Waals surface area contributed by atoms with Crippen LogP contribution in [0.2, 0.25) is 5.02 Å². The minimum absolute atomic E-state index is 0.0541. The van der Waals surface area contributed by atoms with Crippen LogP contribution in [0.1, 0.15) is 17.9 Å². The number of carbonyl (C=O) groups excluding carboxylic acids is 2. The fourth-order valence-corrected chi connectivity index (χ4v) is 2.05. The van der Waals surface area contributed by atoms with Gasteiger partial charge in [-0.3, -0.25) is 14.5 Å². The summed E-state index contributed by atoms with van der Waals surface area (Å²) in [5.74, 6) is -1.83. The molecule has 1 aromatic carbocycles. The van der Waals surface area contributed by atoms with E-state index in [9.17, 15) is 14.0 Å². The summed E-state index contributed by atoms with van der Waals surface area (Å²) in [5, 5.41) is -0.0797. The van der Waals surface area contributed by atoms with Crippen molar-refractivity contribution >= 4 is 23.4 Å². The Morgan fingerprint density at radius 2 is 2.12 bits per heavy atom. The molecule has 0 bridgehead atoms. The molecule has 1 aliphatic heterocycles. The fourth-order valence-electron chi connectivity index (χ4n) is 1.79. The third-order valence-corrected chi connectivity index (χ3v) is 3.14. The van der Waals surface area contributed by atoms with Crippen LogP contribution < -0.4 is 0 Å². The van der Waals surface area contributed by atoms with Crippen molar-refractivity contribution in [3.05, 3.63) is 34.6 Å². The first-order valence-corrected chi connectivity index (χ1v) is 5.14. The molecule has 0 aromatic heterocycles. The van der Waals surface area contributed by atoms with Gasteiger partial charge in [0.1, 0.15) is 5.82 Å². The Kier molecular flexibility index (Phi) is 2.68. The van der Waals surface area contributed by atoms with E-state index in [4.69, 9.17) is 11.6 Å². The number of benzene rings is 1. The minimum Gasteiger partial charge on any atom is -0.285 e. The van der Waals surface area contributed by atoms with E-state index in [2.05, 4.69) is 0 Å². The lowest BCUT2D eigenvalue weighted by atomic mass is 9.97. The first-order chi connectivity index (χ1) is 7.52. The summed E-state index contributed by atoms with van der Waals surface area (Å²) in [6, 6.07) is 4.27. The molecule has 1 aromatic rings. The van der Waals surface area contributed by atoms with Crippen molar-refractivity contribution in [2.45, 2.75) is 12.3 Å². The molecule has 2 amide bonds. The fraction of sp³-hybridized carbons (Fsp3) is 0.273. The Balaban J connectivity index is 2.43. The number of rotatable bonds is 1. The number of carbonyl (C=O) groups is 2. The molecule has 1 fully saturated rings. The Hall–Kier alpha value is -1.42. The van der Waals surface area contributed by atoms with Crippen molar-refractivity contribution in [3.63, 3.8) is 0 Å². The van der Waals surface area contributed by atoms with E-state index in [0.29, 0.717) is 5.56 Å². The van der Waals surface area contributed by atoms with Crippen molar-refractivity contribution in [1.29, 1.82) is 0 Å². The lowest BCUT2D eigenvalue weighted by Gasteiger charge is -2.10. The van der Waals surface area contributed by atoms with Crippen LogP contribution in [-0.4, -0.2) is 23.8 Å². The highest BCUT2D eigenvalue weighted by Gasteiger charge is 2.38. The number of nitrogens with zero attached hydrogens (tertiary/aromatic N) is 1. The van der Waals surface area contributed by atoms with E-state index in [-0.39, 0.29) is 23.3 Å². The molecule has 0 saturated carbocycles. The second kappa shape index (κ2) is 3.87. The highest BCUT2D eigenvalue weighted by Crippen LogP contribution is 2.34. The Morgan fingerprint density at radius 1 is 1.44 bits per heavy atom. The van der Waals surface area contributed by atoms with Crippen LogP contribution in [0.25, 0.3) is 0 Å². The Bertz CT molecular complexity index is 475. The van der Waals surface area contributed by atoms with Gasteiger partial charge in [-0.15, -0.1) is 0 Å². The molecule has 0 N–H and O–H groups in total. The lowest BCUT2D eigenvalue weighted by molar-refractivity contribution is -0.137. The highest BCUT2D eigenvalue weighted by atomic mass is 35.5. The van der Waals surface area contributed by atoms with Crippen molar-refractivity contribution in [2.24, 2.45) is 0 Å². The van der Waals surface area contributed by atoms with E-state index in [0.717, 1.165) is 4.90 Å². The molecule has 84 valence electrons. The molecular weight excluding hydrogens is 233 g/mol. The quantitative estimate of drug-likeness (QED) is 0.705. The van der Waals surface area contributed by atoms with E-state index < -0.39 is 11.7 Å². The van der Waals surface area contributed by atoms with Crippen LogP contribution in [0, 0.1) is 5.82 Å². The molecule has 2 rings (SSSR count). The smallest absolute Gasteiger partial charge is 0.237 e. The Labute approximate surface area is 96.8 Å². The number of hydrogen-bond acceptors (Lipinski definition) is 2. The molecule has 1 saturated heterocycles. The van der Waals surface area contributed by atoms with Crippen LogP contribution in [-0.2, 0) is 9.59 Å². The van der Waals surface area contributed by atoms with Crippen LogP contribution in [0.15, 0.2) is 18.2 Å². The number of halogens is 2. The molecule has 1 aliphatic rings. The maximum atomic E-state index is 13.2. The van der Waals surface area contributed by atoms with Crippen LogP contribution in [0.3, 0.4) is 0 Å². The maximum absolute atomic E-state index is 13.2. The molecule has 0 aliphatic carbocycles. The van der Waals surface area contributed by atoms with Gasteiger partial charge in [0.2, 0.25) is 11.8 Å². The van der Waals surface area contributed by atoms with Crippen molar-refractivity contribution in [2.75, 3.05) is 7.05 Å². The van der Waals surface area contributed by atoms with Crippen molar-refractivity contribution in [1.82, 2.24) is 4.90 Å². The zero-order valence-corrected chi connectivity index (χ0v) is 9.29.